The Morgan fingerprint density at radius 3 is 2.30 bits per heavy atom. The van der Waals surface area contributed by atoms with Gasteiger partial charge in [-0.05, 0) is 42.5 Å². The molecular formula is C18H18FN3O4S. The Labute approximate surface area is 156 Å². The summed E-state index contributed by atoms with van der Waals surface area (Å²) >= 11 is 0. The fraction of sp³-hybridized carbons (Fsp3) is 0.222. The molecule has 1 saturated heterocycles. The SMILES string of the molecule is O=CN1CCN(S(=O)(=O)c2ccc(C(=O)Nc3cccc(F)c3)cc2)CC1. The normalized spacial score (nSPS) is 15.4. The molecule has 0 aromatic heterocycles. The van der Waals surface area contributed by atoms with Gasteiger partial charge in [0.1, 0.15) is 5.82 Å². The zero-order valence-corrected chi connectivity index (χ0v) is 15.2. The summed E-state index contributed by atoms with van der Waals surface area (Å²) in [6.07, 6.45) is 0.704. The molecule has 2 aromatic carbocycles. The van der Waals surface area contributed by atoms with Gasteiger partial charge in [0.25, 0.3) is 5.91 Å². The average Bonchev–Trinajstić information content (AvgIpc) is 2.68. The van der Waals surface area contributed by atoms with Crippen LogP contribution in [0.25, 0.3) is 0 Å². The first-order valence-corrected chi connectivity index (χ1v) is 9.70. The van der Waals surface area contributed by atoms with Gasteiger partial charge in [0, 0.05) is 37.4 Å². The number of sulfonamides is 1. The number of carbonyl (C=O) groups excluding carboxylic acids is 2. The third-order valence-corrected chi connectivity index (χ3v) is 6.17. The summed E-state index contributed by atoms with van der Waals surface area (Å²) in [5, 5.41) is 2.55. The summed E-state index contributed by atoms with van der Waals surface area (Å²) in [6.45, 7) is 1.14. The number of piperazine rings is 1. The molecule has 0 bridgehead atoms. The van der Waals surface area contributed by atoms with Crippen LogP contribution < -0.4 is 5.32 Å². The van der Waals surface area contributed by atoms with Crippen molar-refractivity contribution in [3.63, 3.8) is 0 Å². The molecular weight excluding hydrogens is 373 g/mol. The van der Waals surface area contributed by atoms with Crippen LogP contribution in [0.15, 0.2) is 53.4 Å². The highest BCUT2D eigenvalue weighted by molar-refractivity contribution is 7.89. The predicted molar refractivity (Wildman–Crippen MR) is 97.2 cm³/mol. The van der Waals surface area contributed by atoms with Crippen LogP contribution in [0.1, 0.15) is 10.4 Å². The fourth-order valence-electron chi connectivity index (χ4n) is 2.75. The second-order valence-corrected chi connectivity index (χ2v) is 7.97. The van der Waals surface area contributed by atoms with Gasteiger partial charge < -0.3 is 10.2 Å². The molecule has 0 spiro atoms. The van der Waals surface area contributed by atoms with Crippen LogP contribution in [0.5, 0.6) is 0 Å². The van der Waals surface area contributed by atoms with Crippen molar-refractivity contribution in [1.29, 1.82) is 0 Å². The van der Waals surface area contributed by atoms with Gasteiger partial charge >= 0.3 is 0 Å². The van der Waals surface area contributed by atoms with Gasteiger partial charge in [0.2, 0.25) is 16.4 Å². The number of halogens is 1. The van der Waals surface area contributed by atoms with Crippen molar-refractivity contribution < 1.29 is 22.4 Å². The van der Waals surface area contributed by atoms with Crippen molar-refractivity contribution in [3.05, 3.63) is 59.9 Å². The highest BCUT2D eigenvalue weighted by atomic mass is 32.2. The fourth-order valence-corrected chi connectivity index (χ4v) is 4.17. The minimum Gasteiger partial charge on any atom is -0.343 e. The van der Waals surface area contributed by atoms with Crippen LogP contribution in [-0.4, -0.2) is 56.1 Å². The van der Waals surface area contributed by atoms with E-state index in [1.54, 1.807) is 6.07 Å². The van der Waals surface area contributed by atoms with Crippen LogP contribution in [0.3, 0.4) is 0 Å². The van der Waals surface area contributed by atoms with E-state index in [0.717, 1.165) is 0 Å². The molecule has 1 heterocycles. The molecule has 0 atom stereocenters. The highest BCUT2D eigenvalue weighted by Crippen LogP contribution is 2.19. The molecule has 3 rings (SSSR count). The van der Waals surface area contributed by atoms with E-state index in [0.29, 0.717) is 25.2 Å². The van der Waals surface area contributed by atoms with Crippen molar-refractivity contribution in [2.75, 3.05) is 31.5 Å². The number of carbonyl (C=O) groups is 2. The summed E-state index contributed by atoms with van der Waals surface area (Å²) in [5.41, 5.74) is 0.564. The Morgan fingerprint density at radius 2 is 1.70 bits per heavy atom. The molecule has 0 unspecified atom stereocenters. The van der Waals surface area contributed by atoms with Crippen molar-refractivity contribution in [2.24, 2.45) is 0 Å². The van der Waals surface area contributed by atoms with E-state index in [4.69, 9.17) is 0 Å². The maximum Gasteiger partial charge on any atom is 0.255 e. The van der Waals surface area contributed by atoms with Crippen molar-refractivity contribution >= 4 is 28.0 Å². The largest absolute Gasteiger partial charge is 0.343 e. The summed E-state index contributed by atoms with van der Waals surface area (Å²) in [6, 6.07) is 11.0. The maximum absolute atomic E-state index is 13.2. The van der Waals surface area contributed by atoms with E-state index in [9.17, 15) is 22.4 Å². The van der Waals surface area contributed by atoms with Gasteiger partial charge in [-0.15, -0.1) is 0 Å². The predicted octanol–water partition coefficient (Wildman–Crippen LogP) is 1.54. The Kier molecular flexibility index (Phi) is 5.52. The molecule has 7 nitrogen and oxygen atoms in total. The summed E-state index contributed by atoms with van der Waals surface area (Å²) < 4.78 is 39.8. The van der Waals surface area contributed by atoms with Gasteiger partial charge in [-0.25, -0.2) is 12.8 Å². The second kappa shape index (κ2) is 7.85. The van der Waals surface area contributed by atoms with Crippen LogP contribution in [-0.2, 0) is 14.8 Å². The minimum absolute atomic E-state index is 0.0735. The molecule has 142 valence electrons. The van der Waals surface area contributed by atoms with Crippen molar-refractivity contribution in [3.8, 4) is 0 Å². The van der Waals surface area contributed by atoms with Crippen molar-refractivity contribution in [1.82, 2.24) is 9.21 Å². The van der Waals surface area contributed by atoms with E-state index >= 15 is 0 Å². The first-order chi connectivity index (χ1) is 12.9. The number of benzene rings is 2. The Hall–Kier alpha value is -2.78. The molecule has 27 heavy (non-hydrogen) atoms. The number of nitrogens with zero attached hydrogens (tertiary/aromatic N) is 2. The molecule has 1 aliphatic rings. The van der Waals surface area contributed by atoms with Gasteiger partial charge in [-0.1, -0.05) is 6.07 Å². The van der Waals surface area contributed by atoms with E-state index in [1.807, 2.05) is 0 Å². The Morgan fingerprint density at radius 1 is 1.04 bits per heavy atom. The summed E-state index contributed by atoms with van der Waals surface area (Å²) in [7, 11) is -3.69. The summed E-state index contributed by atoms with van der Waals surface area (Å²) in [4.78, 5) is 24.6. The van der Waals surface area contributed by atoms with E-state index in [-0.39, 0.29) is 23.5 Å². The lowest BCUT2D eigenvalue weighted by Gasteiger charge is -2.31. The standard InChI is InChI=1S/C18H18FN3O4S/c19-15-2-1-3-16(12-15)20-18(24)14-4-6-17(7-5-14)27(25,26)22-10-8-21(13-23)9-11-22/h1-7,12-13H,8-11H2,(H,20,24). The van der Waals surface area contributed by atoms with Crippen LogP contribution in [0.4, 0.5) is 10.1 Å². The Balaban J connectivity index is 1.71. The van der Waals surface area contributed by atoms with Gasteiger partial charge in [-0.2, -0.15) is 4.31 Å². The molecule has 1 fully saturated rings. The van der Waals surface area contributed by atoms with Crippen LogP contribution in [0.2, 0.25) is 0 Å². The number of anilines is 1. The van der Waals surface area contributed by atoms with Crippen LogP contribution >= 0.6 is 0 Å². The van der Waals surface area contributed by atoms with E-state index in [2.05, 4.69) is 5.32 Å². The maximum atomic E-state index is 13.2. The van der Waals surface area contributed by atoms with Crippen LogP contribution in [0, 0.1) is 5.82 Å². The first-order valence-electron chi connectivity index (χ1n) is 8.26. The number of rotatable bonds is 5. The number of hydrogen-bond acceptors (Lipinski definition) is 4. The third kappa shape index (κ3) is 4.32. The smallest absolute Gasteiger partial charge is 0.255 e. The van der Waals surface area contributed by atoms with E-state index < -0.39 is 21.7 Å². The molecule has 0 saturated carbocycles. The minimum atomic E-state index is -3.69. The average molecular weight is 391 g/mol. The number of hydrogen-bond donors (Lipinski definition) is 1. The lowest BCUT2D eigenvalue weighted by Crippen LogP contribution is -2.47. The molecule has 0 aliphatic carbocycles. The Bertz CT molecular complexity index is 939. The van der Waals surface area contributed by atoms with Gasteiger partial charge in [-0.3, -0.25) is 9.59 Å². The lowest BCUT2D eigenvalue weighted by atomic mass is 10.2. The number of nitrogens with one attached hydrogen (secondary N) is 1. The summed E-state index contributed by atoms with van der Waals surface area (Å²) in [5.74, 6) is -0.937. The zero-order chi connectivity index (χ0) is 19.4. The van der Waals surface area contributed by atoms with Crippen molar-refractivity contribution in [2.45, 2.75) is 4.90 Å². The number of amides is 2. The molecule has 2 aromatic rings. The molecule has 2 amide bonds. The van der Waals surface area contributed by atoms with Gasteiger partial charge in [0.15, 0.2) is 0 Å². The van der Waals surface area contributed by atoms with E-state index in [1.165, 1.54) is 51.7 Å². The molecule has 1 aliphatic heterocycles. The molecule has 1 N–H and O–H groups in total. The van der Waals surface area contributed by atoms with Gasteiger partial charge in [0.05, 0.1) is 4.90 Å². The lowest BCUT2D eigenvalue weighted by molar-refractivity contribution is -0.119. The topological polar surface area (TPSA) is 86.8 Å². The third-order valence-electron chi connectivity index (χ3n) is 4.26. The molecule has 0 radical (unpaired) electrons. The zero-order valence-electron chi connectivity index (χ0n) is 14.3. The highest BCUT2D eigenvalue weighted by Gasteiger charge is 2.28. The monoisotopic (exact) mass is 391 g/mol. The quantitative estimate of drug-likeness (QED) is 0.784. The second-order valence-electron chi connectivity index (χ2n) is 6.03. The molecule has 9 heteroatoms. The first kappa shape index (κ1) is 19.0.